The first-order valence-electron chi connectivity index (χ1n) is 6.80. The Hall–Kier alpha value is -1.92. The van der Waals surface area contributed by atoms with Gasteiger partial charge in [-0.2, -0.15) is 0 Å². The van der Waals surface area contributed by atoms with Crippen LogP contribution in [0.3, 0.4) is 0 Å². The van der Waals surface area contributed by atoms with E-state index in [0.717, 1.165) is 27.1 Å². The van der Waals surface area contributed by atoms with Crippen LogP contribution in [0.4, 0.5) is 0 Å². The van der Waals surface area contributed by atoms with E-state index in [9.17, 15) is 0 Å². The van der Waals surface area contributed by atoms with E-state index in [1.54, 1.807) is 37.1 Å². The molecule has 1 aromatic carbocycles. The third kappa shape index (κ3) is 4.05. The summed E-state index contributed by atoms with van der Waals surface area (Å²) in [5.41, 5.74) is 0.974. The molecule has 0 bridgehead atoms. The highest BCUT2D eigenvalue weighted by Crippen LogP contribution is 2.31. The largest absolute Gasteiger partial charge is 0.497 e. The second-order valence-corrected chi connectivity index (χ2v) is 5.60. The van der Waals surface area contributed by atoms with Gasteiger partial charge in [0.2, 0.25) is 0 Å². The van der Waals surface area contributed by atoms with Gasteiger partial charge in [-0.25, -0.2) is 5.06 Å². The maximum atomic E-state index is 5.60. The molecule has 2 rings (SSSR count). The molecule has 0 radical (unpaired) electrons. The summed E-state index contributed by atoms with van der Waals surface area (Å²) in [4.78, 5) is 11.1. The molecule has 0 aromatic heterocycles. The number of benzene rings is 1. The topological polar surface area (TPSA) is 43.3 Å². The summed E-state index contributed by atoms with van der Waals surface area (Å²) in [6, 6.07) is 5.73. The van der Waals surface area contributed by atoms with E-state index in [1.165, 1.54) is 0 Å². The number of hydrogen-bond acceptors (Lipinski definition) is 5. The van der Waals surface area contributed by atoms with Crippen molar-refractivity contribution in [3.05, 3.63) is 41.3 Å². The normalized spacial score (nSPS) is 18.6. The summed E-state index contributed by atoms with van der Waals surface area (Å²) in [5.74, 6) is 1.52. The van der Waals surface area contributed by atoms with Gasteiger partial charge in [0, 0.05) is 23.6 Å². The van der Waals surface area contributed by atoms with E-state index in [0.29, 0.717) is 13.2 Å². The van der Waals surface area contributed by atoms with E-state index >= 15 is 0 Å². The lowest BCUT2D eigenvalue weighted by atomic mass is 10.1. The molecule has 1 aliphatic rings. The Labute approximate surface area is 135 Å². The zero-order chi connectivity index (χ0) is 15.9. The Bertz CT molecular complexity index is 599. The fourth-order valence-electron chi connectivity index (χ4n) is 1.88. The molecule has 118 valence electrons. The second kappa shape index (κ2) is 7.91. The van der Waals surface area contributed by atoms with E-state index in [2.05, 4.69) is 11.6 Å². The number of hydrogen-bond donors (Lipinski definition) is 0. The molecular formula is C16H20N2O3S. The van der Waals surface area contributed by atoms with Gasteiger partial charge in [-0.05, 0) is 18.2 Å². The summed E-state index contributed by atoms with van der Waals surface area (Å²) in [5, 5.41) is 2.49. The molecular weight excluding hydrogens is 300 g/mol. The quantitative estimate of drug-likeness (QED) is 0.780. The van der Waals surface area contributed by atoms with Crippen LogP contribution >= 0.6 is 11.8 Å². The van der Waals surface area contributed by atoms with Gasteiger partial charge in [0.1, 0.15) is 18.1 Å². The number of amidine groups is 1. The van der Waals surface area contributed by atoms with Crippen LogP contribution in [-0.2, 0) is 4.84 Å². The zero-order valence-corrected chi connectivity index (χ0v) is 13.9. The maximum Gasteiger partial charge on any atom is 0.188 e. The summed E-state index contributed by atoms with van der Waals surface area (Å²) >= 11 is 1.58. The molecule has 0 unspecified atom stereocenters. The fraction of sp³-hybridized carbons (Fsp3) is 0.312. The van der Waals surface area contributed by atoms with E-state index in [4.69, 9.17) is 14.3 Å². The van der Waals surface area contributed by atoms with Crippen LogP contribution < -0.4 is 9.47 Å². The average molecular weight is 320 g/mol. The highest BCUT2D eigenvalue weighted by atomic mass is 32.2. The average Bonchev–Trinajstić information content (AvgIpc) is 2.55. The lowest BCUT2D eigenvalue weighted by Gasteiger charge is -2.26. The minimum absolute atomic E-state index is 0.503. The highest BCUT2D eigenvalue weighted by Gasteiger charge is 2.18. The van der Waals surface area contributed by atoms with Gasteiger partial charge in [-0.15, -0.1) is 6.58 Å². The van der Waals surface area contributed by atoms with Crippen molar-refractivity contribution in [3.8, 4) is 11.5 Å². The Kier molecular flexibility index (Phi) is 5.91. The first-order chi connectivity index (χ1) is 10.7. The van der Waals surface area contributed by atoms with Crippen molar-refractivity contribution in [2.75, 3.05) is 34.4 Å². The molecule has 0 amide bonds. The van der Waals surface area contributed by atoms with E-state index in [-0.39, 0.29) is 0 Å². The molecule has 1 heterocycles. The fourth-order valence-corrected chi connectivity index (χ4v) is 2.74. The van der Waals surface area contributed by atoms with Gasteiger partial charge < -0.3 is 9.47 Å². The maximum absolute atomic E-state index is 5.60. The van der Waals surface area contributed by atoms with Crippen molar-refractivity contribution in [2.45, 2.75) is 0 Å². The molecule has 0 saturated carbocycles. The van der Waals surface area contributed by atoms with Gasteiger partial charge in [-0.3, -0.25) is 9.83 Å². The van der Waals surface area contributed by atoms with E-state index < -0.39 is 0 Å². The van der Waals surface area contributed by atoms with Crippen molar-refractivity contribution in [1.29, 1.82) is 0 Å². The predicted molar refractivity (Wildman–Crippen MR) is 91.3 cm³/mol. The van der Waals surface area contributed by atoms with Crippen LogP contribution in [-0.4, -0.2) is 44.6 Å². The molecule has 0 N–H and O–H groups in total. The van der Waals surface area contributed by atoms with E-state index in [1.807, 2.05) is 31.3 Å². The second-order valence-electron chi connectivity index (χ2n) is 4.50. The van der Waals surface area contributed by atoms with Gasteiger partial charge in [0.05, 0.1) is 20.8 Å². The molecule has 0 aliphatic carbocycles. The summed E-state index contributed by atoms with van der Waals surface area (Å²) in [6.07, 6.45) is 3.80. The van der Waals surface area contributed by atoms with Crippen LogP contribution in [0.25, 0.3) is 6.08 Å². The molecule has 5 nitrogen and oxygen atoms in total. The Morgan fingerprint density at radius 3 is 2.91 bits per heavy atom. The number of methoxy groups -OCH3 is 2. The third-order valence-electron chi connectivity index (χ3n) is 3.01. The lowest BCUT2D eigenvalue weighted by Crippen LogP contribution is -2.30. The SMILES string of the molecule is C=CC/N=C1/S/C(=C/c2ccc(OC)cc2OC)CON1C. The first-order valence-corrected chi connectivity index (χ1v) is 7.62. The van der Waals surface area contributed by atoms with Gasteiger partial charge in [-0.1, -0.05) is 17.8 Å². The molecule has 0 atom stereocenters. The number of aliphatic imine (C=N–C) groups is 1. The van der Waals surface area contributed by atoms with Crippen LogP contribution in [0.2, 0.25) is 0 Å². The number of rotatable bonds is 5. The highest BCUT2D eigenvalue weighted by molar-refractivity contribution is 8.17. The van der Waals surface area contributed by atoms with Crippen LogP contribution in [0.1, 0.15) is 5.56 Å². The molecule has 0 spiro atoms. The lowest BCUT2D eigenvalue weighted by molar-refractivity contribution is -0.0646. The summed E-state index contributed by atoms with van der Waals surface area (Å²) in [7, 11) is 5.13. The standard InChI is InChI=1S/C16H20N2O3S/c1-5-8-17-16-18(2)21-11-14(22-16)9-12-6-7-13(19-3)10-15(12)20-4/h5-7,9-10H,1,8,11H2,2-4H3/b14-9+,17-16+. The van der Waals surface area contributed by atoms with Crippen LogP contribution in [0.5, 0.6) is 11.5 Å². The van der Waals surface area contributed by atoms with Crippen molar-refractivity contribution in [3.63, 3.8) is 0 Å². The molecule has 22 heavy (non-hydrogen) atoms. The van der Waals surface area contributed by atoms with Gasteiger partial charge in [0.25, 0.3) is 0 Å². The van der Waals surface area contributed by atoms with Gasteiger partial charge in [0.15, 0.2) is 5.17 Å². The van der Waals surface area contributed by atoms with Crippen molar-refractivity contribution in [2.24, 2.45) is 4.99 Å². The predicted octanol–water partition coefficient (Wildman–Crippen LogP) is 3.20. The Morgan fingerprint density at radius 2 is 2.23 bits per heavy atom. The van der Waals surface area contributed by atoms with Gasteiger partial charge >= 0.3 is 0 Å². The van der Waals surface area contributed by atoms with Crippen molar-refractivity contribution in [1.82, 2.24) is 5.06 Å². The van der Waals surface area contributed by atoms with Crippen molar-refractivity contribution < 1.29 is 14.3 Å². The number of hydroxylamine groups is 2. The molecule has 6 heteroatoms. The minimum atomic E-state index is 0.503. The number of ether oxygens (including phenoxy) is 2. The van der Waals surface area contributed by atoms with Crippen LogP contribution in [0, 0.1) is 0 Å². The molecule has 1 aliphatic heterocycles. The first kappa shape index (κ1) is 16.5. The zero-order valence-electron chi connectivity index (χ0n) is 13.0. The molecule has 1 saturated heterocycles. The molecule has 1 fully saturated rings. The Balaban J connectivity index is 2.23. The summed E-state index contributed by atoms with van der Waals surface area (Å²) < 4.78 is 10.6. The van der Waals surface area contributed by atoms with Crippen molar-refractivity contribution >= 4 is 23.0 Å². The molecule has 1 aromatic rings. The summed E-state index contributed by atoms with van der Waals surface area (Å²) in [6.45, 7) is 4.75. The van der Waals surface area contributed by atoms with Crippen LogP contribution in [0.15, 0.2) is 40.8 Å². The third-order valence-corrected chi connectivity index (χ3v) is 4.07. The minimum Gasteiger partial charge on any atom is -0.497 e. The number of thioether (sulfide) groups is 1. The number of nitrogens with zero attached hydrogens (tertiary/aromatic N) is 2. The Morgan fingerprint density at radius 1 is 1.41 bits per heavy atom. The monoisotopic (exact) mass is 320 g/mol. The smallest absolute Gasteiger partial charge is 0.188 e.